The number of aromatic amines is 1. The number of benzene rings is 1. The first-order chi connectivity index (χ1) is 12.9. The van der Waals surface area contributed by atoms with Crippen LogP contribution in [0.15, 0.2) is 54.9 Å². The maximum Gasteiger partial charge on any atom is 0.418 e. The zero-order valence-corrected chi connectivity index (χ0v) is 14.3. The standard InChI is InChI=1S/C20H16F3N3O/c21-20(22,23)16-5-3-9-24-18(16)19(27)26-10-7-13(8-11-26)15-12-25-17-6-2-1-4-14(15)17/h1-7,9,12,25H,8,10-11H2. The lowest BCUT2D eigenvalue weighted by molar-refractivity contribution is -0.138. The molecule has 2 aromatic heterocycles. The fourth-order valence-electron chi connectivity index (χ4n) is 3.39. The summed E-state index contributed by atoms with van der Waals surface area (Å²) in [6, 6.07) is 9.98. The smallest absolute Gasteiger partial charge is 0.361 e. The predicted octanol–water partition coefficient (Wildman–Crippen LogP) is 4.51. The van der Waals surface area contributed by atoms with Crippen LogP contribution in [0.1, 0.15) is 28.0 Å². The van der Waals surface area contributed by atoms with Crippen molar-refractivity contribution in [1.82, 2.24) is 14.9 Å². The van der Waals surface area contributed by atoms with Gasteiger partial charge in [0.15, 0.2) is 0 Å². The molecule has 0 radical (unpaired) electrons. The molecule has 4 nitrogen and oxygen atoms in total. The second-order valence-electron chi connectivity index (χ2n) is 6.38. The van der Waals surface area contributed by atoms with Crippen LogP contribution in [0.4, 0.5) is 13.2 Å². The maximum absolute atomic E-state index is 13.1. The Morgan fingerprint density at radius 1 is 1.15 bits per heavy atom. The lowest BCUT2D eigenvalue weighted by Crippen LogP contribution is -2.36. The van der Waals surface area contributed by atoms with Gasteiger partial charge in [-0.3, -0.25) is 9.78 Å². The highest BCUT2D eigenvalue weighted by molar-refractivity contribution is 5.96. The van der Waals surface area contributed by atoms with E-state index in [1.165, 1.54) is 17.2 Å². The molecule has 138 valence electrons. The van der Waals surface area contributed by atoms with Gasteiger partial charge in [-0.15, -0.1) is 0 Å². The number of aromatic nitrogens is 2. The SMILES string of the molecule is O=C(c1ncccc1C(F)(F)F)N1CC=C(c2c[nH]c3ccccc23)CC1. The number of nitrogens with zero attached hydrogens (tertiary/aromatic N) is 2. The number of para-hydroxylation sites is 1. The Hall–Kier alpha value is -3.09. The van der Waals surface area contributed by atoms with E-state index < -0.39 is 23.3 Å². The first-order valence-corrected chi connectivity index (χ1v) is 8.52. The summed E-state index contributed by atoms with van der Waals surface area (Å²) in [6.07, 6.45) is 0.989. The molecule has 3 heterocycles. The predicted molar refractivity (Wildman–Crippen MR) is 96.0 cm³/mol. The van der Waals surface area contributed by atoms with E-state index in [2.05, 4.69) is 9.97 Å². The second kappa shape index (κ2) is 6.57. The van der Waals surface area contributed by atoms with Gasteiger partial charge in [0.05, 0.1) is 5.56 Å². The summed E-state index contributed by atoms with van der Waals surface area (Å²) in [6.45, 7) is 0.597. The van der Waals surface area contributed by atoms with E-state index in [-0.39, 0.29) is 6.54 Å². The Morgan fingerprint density at radius 3 is 2.70 bits per heavy atom. The van der Waals surface area contributed by atoms with Crippen molar-refractivity contribution in [3.63, 3.8) is 0 Å². The molecule has 1 aromatic carbocycles. The molecule has 0 aliphatic carbocycles. The number of fused-ring (bicyclic) bond motifs is 1. The third-order valence-corrected chi connectivity index (χ3v) is 4.75. The van der Waals surface area contributed by atoms with Crippen LogP contribution >= 0.6 is 0 Å². The summed E-state index contributed by atoms with van der Waals surface area (Å²) in [5, 5.41) is 1.09. The Bertz CT molecular complexity index is 1040. The fourth-order valence-corrected chi connectivity index (χ4v) is 3.39. The molecule has 7 heteroatoms. The highest BCUT2D eigenvalue weighted by Gasteiger charge is 2.37. The van der Waals surface area contributed by atoms with Gasteiger partial charge >= 0.3 is 6.18 Å². The number of rotatable bonds is 2. The number of H-pyrrole nitrogens is 1. The molecule has 4 rings (SSSR count). The maximum atomic E-state index is 13.1. The Kier molecular flexibility index (Phi) is 4.22. The number of alkyl halides is 3. The number of carbonyl (C=O) groups is 1. The zero-order valence-electron chi connectivity index (χ0n) is 14.3. The number of hydrogen-bond donors (Lipinski definition) is 1. The van der Waals surface area contributed by atoms with Gasteiger partial charge in [-0.25, -0.2) is 0 Å². The van der Waals surface area contributed by atoms with E-state index in [1.807, 2.05) is 36.5 Å². The summed E-state index contributed by atoms with van der Waals surface area (Å²) >= 11 is 0. The molecule has 0 saturated carbocycles. The third-order valence-electron chi connectivity index (χ3n) is 4.75. The minimum Gasteiger partial charge on any atom is -0.361 e. The molecule has 1 aliphatic heterocycles. The number of nitrogens with one attached hydrogen (secondary N) is 1. The van der Waals surface area contributed by atoms with Gasteiger partial charge in [0.25, 0.3) is 5.91 Å². The average Bonchev–Trinajstić information content (AvgIpc) is 3.11. The monoisotopic (exact) mass is 371 g/mol. The Labute approximate surface area is 153 Å². The molecule has 0 saturated heterocycles. The van der Waals surface area contributed by atoms with Crippen molar-refractivity contribution in [2.24, 2.45) is 0 Å². The van der Waals surface area contributed by atoms with E-state index in [0.29, 0.717) is 13.0 Å². The van der Waals surface area contributed by atoms with Gasteiger partial charge in [-0.1, -0.05) is 24.3 Å². The van der Waals surface area contributed by atoms with Gasteiger partial charge in [-0.05, 0) is 30.2 Å². The summed E-state index contributed by atoms with van der Waals surface area (Å²) in [4.78, 5) is 20.9. The number of carbonyl (C=O) groups excluding carboxylic acids is 1. The van der Waals surface area contributed by atoms with E-state index in [0.717, 1.165) is 28.1 Å². The van der Waals surface area contributed by atoms with Gasteiger partial charge in [0.1, 0.15) is 5.69 Å². The van der Waals surface area contributed by atoms with E-state index in [9.17, 15) is 18.0 Å². The molecule has 27 heavy (non-hydrogen) atoms. The Morgan fingerprint density at radius 2 is 1.96 bits per heavy atom. The minimum atomic E-state index is -4.61. The summed E-state index contributed by atoms with van der Waals surface area (Å²) in [7, 11) is 0. The molecular weight excluding hydrogens is 355 g/mol. The van der Waals surface area contributed by atoms with Crippen molar-refractivity contribution < 1.29 is 18.0 Å². The molecule has 1 aliphatic rings. The van der Waals surface area contributed by atoms with Crippen molar-refractivity contribution >= 4 is 22.4 Å². The van der Waals surface area contributed by atoms with Crippen LogP contribution in [0.25, 0.3) is 16.5 Å². The number of halogens is 3. The van der Waals surface area contributed by atoms with Crippen molar-refractivity contribution in [2.45, 2.75) is 12.6 Å². The normalized spacial score (nSPS) is 15.1. The second-order valence-corrected chi connectivity index (χ2v) is 6.38. The third kappa shape index (κ3) is 3.20. The highest BCUT2D eigenvalue weighted by Crippen LogP contribution is 2.33. The lowest BCUT2D eigenvalue weighted by atomic mass is 9.98. The van der Waals surface area contributed by atoms with Gasteiger partial charge in [0.2, 0.25) is 0 Å². The molecule has 0 spiro atoms. The topological polar surface area (TPSA) is 49.0 Å². The number of hydrogen-bond acceptors (Lipinski definition) is 2. The first-order valence-electron chi connectivity index (χ1n) is 8.52. The largest absolute Gasteiger partial charge is 0.418 e. The van der Waals surface area contributed by atoms with Gasteiger partial charge in [0, 0.05) is 41.9 Å². The molecule has 3 aromatic rings. The van der Waals surface area contributed by atoms with Crippen molar-refractivity contribution in [1.29, 1.82) is 0 Å². The summed E-state index contributed by atoms with van der Waals surface area (Å²) in [5.74, 6) is -0.697. The molecule has 0 fully saturated rings. The minimum absolute atomic E-state index is 0.252. The zero-order chi connectivity index (χ0) is 19.0. The van der Waals surface area contributed by atoms with Crippen LogP contribution in [0.2, 0.25) is 0 Å². The fraction of sp³-hybridized carbons (Fsp3) is 0.200. The van der Waals surface area contributed by atoms with Crippen LogP contribution in [0, 0.1) is 0 Å². The van der Waals surface area contributed by atoms with Crippen LogP contribution < -0.4 is 0 Å². The summed E-state index contributed by atoms with van der Waals surface area (Å²) in [5.41, 5.74) is 1.62. The number of pyridine rings is 1. The van der Waals surface area contributed by atoms with Crippen molar-refractivity contribution in [3.05, 3.63) is 71.7 Å². The van der Waals surface area contributed by atoms with Crippen LogP contribution in [-0.2, 0) is 6.18 Å². The van der Waals surface area contributed by atoms with Crippen LogP contribution in [0.3, 0.4) is 0 Å². The van der Waals surface area contributed by atoms with Gasteiger partial charge < -0.3 is 9.88 Å². The molecule has 1 N–H and O–H groups in total. The molecule has 0 bridgehead atoms. The van der Waals surface area contributed by atoms with Gasteiger partial charge in [-0.2, -0.15) is 13.2 Å². The first kappa shape index (κ1) is 17.3. The quantitative estimate of drug-likeness (QED) is 0.721. The number of amides is 1. The highest BCUT2D eigenvalue weighted by atomic mass is 19.4. The molecule has 0 atom stereocenters. The van der Waals surface area contributed by atoms with Crippen LogP contribution in [-0.4, -0.2) is 33.9 Å². The lowest BCUT2D eigenvalue weighted by Gasteiger charge is -2.27. The van der Waals surface area contributed by atoms with Crippen LogP contribution in [0.5, 0.6) is 0 Å². The van der Waals surface area contributed by atoms with Crippen molar-refractivity contribution in [2.75, 3.05) is 13.1 Å². The molecular formula is C20H16F3N3O. The van der Waals surface area contributed by atoms with Crippen molar-refractivity contribution in [3.8, 4) is 0 Å². The molecule has 1 amide bonds. The summed E-state index contributed by atoms with van der Waals surface area (Å²) < 4.78 is 39.4. The Balaban J connectivity index is 1.58. The van der Waals surface area contributed by atoms with E-state index in [1.54, 1.807) is 0 Å². The average molecular weight is 371 g/mol. The molecule has 0 unspecified atom stereocenters. The van der Waals surface area contributed by atoms with E-state index >= 15 is 0 Å². The van der Waals surface area contributed by atoms with E-state index in [4.69, 9.17) is 0 Å².